The van der Waals surface area contributed by atoms with Gasteiger partial charge < -0.3 is 0 Å². The maximum absolute atomic E-state index is 7.92. The van der Waals surface area contributed by atoms with Gasteiger partial charge in [0.1, 0.15) is 0 Å². The van der Waals surface area contributed by atoms with E-state index in [1.807, 2.05) is 0 Å². The van der Waals surface area contributed by atoms with Gasteiger partial charge in [-0.2, -0.15) is 0 Å². The van der Waals surface area contributed by atoms with Crippen LogP contribution in [0, 0.1) is 0 Å². The standard InChI is InChI=1S/2C13H15.C2H4.2ClH.Ti/c2*1-3-5-11-6-4-7-12-8-10(2)9-13(11)12;1-2;;;/h2*4,6-9H,3,5H2,1-2H3;1H,2H3;2*1H;/q;;;;;+2/p-2. The zero-order valence-corrected chi connectivity index (χ0v) is 22.5. The minimum absolute atomic E-state index is 0.103. The number of fused-ring (bicyclic) bond motifs is 2. The molecule has 0 aliphatic heterocycles. The molecular weight excluding hydrogens is 455 g/mol. The molecule has 0 saturated heterocycles. The van der Waals surface area contributed by atoms with E-state index in [0.717, 1.165) is 25.7 Å². The van der Waals surface area contributed by atoms with Crippen LogP contribution in [-0.2, 0) is 25.6 Å². The van der Waals surface area contributed by atoms with E-state index in [1.165, 1.54) is 44.5 Å². The summed E-state index contributed by atoms with van der Waals surface area (Å²) < 4.78 is 2.45. The quantitative estimate of drug-likeness (QED) is 0.355. The summed E-state index contributed by atoms with van der Waals surface area (Å²) in [5.41, 5.74) is 10.9. The molecule has 3 heteroatoms. The molecule has 0 amide bonds. The summed E-state index contributed by atoms with van der Waals surface area (Å²) in [6.45, 7) is 11.1. The Morgan fingerprint density at radius 1 is 0.774 bits per heavy atom. The van der Waals surface area contributed by atoms with Gasteiger partial charge in [-0.3, -0.25) is 0 Å². The first-order chi connectivity index (χ1) is 14.8. The van der Waals surface area contributed by atoms with Crippen molar-refractivity contribution in [3.63, 3.8) is 0 Å². The van der Waals surface area contributed by atoms with Gasteiger partial charge >= 0.3 is 197 Å². The Hall–Kier alpha value is -0.916. The van der Waals surface area contributed by atoms with Crippen LogP contribution < -0.4 is 0 Å². The second-order valence-corrected chi connectivity index (χ2v) is 23.8. The van der Waals surface area contributed by atoms with Crippen LogP contribution >= 0.6 is 18.6 Å². The Morgan fingerprint density at radius 3 is 1.55 bits per heavy atom. The molecule has 0 heterocycles. The van der Waals surface area contributed by atoms with Gasteiger partial charge in [0, 0.05) is 0 Å². The minimum atomic E-state index is -4.30. The number of benzene rings is 2. The topological polar surface area (TPSA) is 0 Å². The molecule has 2 unspecified atom stereocenters. The average Bonchev–Trinajstić information content (AvgIpc) is 3.27. The molecule has 0 bridgehead atoms. The van der Waals surface area contributed by atoms with Crippen molar-refractivity contribution in [3.8, 4) is 0 Å². The van der Waals surface area contributed by atoms with Gasteiger partial charge in [-0.1, -0.05) is 0 Å². The van der Waals surface area contributed by atoms with Crippen LogP contribution in [0.3, 0.4) is 0 Å². The molecular formula is C28H34Cl2Ti. The Bertz CT molecular complexity index is 1080. The Balaban J connectivity index is 1.93. The maximum atomic E-state index is 7.92. The van der Waals surface area contributed by atoms with E-state index in [4.69, 9.17) is 18.6 Å². The third-order valence-electron chi connectivity index (χ3n) is 7.43. The summed E-state index contributed by atoms with van der Waals surface area (Å²) in [6.07, 6.45) is 9.20. The Labute approximate surface area is 196 Å². The van der Waals surface area contributed by atoms with Crippen LogP contribution in [0.1, 0.15) is 89.3 Å². The summed E-state index contributed by atoms with van der Waals surface area (Å²) in [7, 11) is 15.8. The fourth-order valence-corrected chi connectivity index (χ4v) is 18.1. The van der Waals surface area contributed by atoms with E-state index in [2.05, 4.69) is 87.5 Å². The summed E-state index contributed by atoms with van der Waals surface area (Å²) in [5.74, 6) is 0. The molecule has 4 rings (SSSR count). The number of allylic oxidation sites excluding steroid dienone is 2. The van der Waals surface area contributed by atoms with Crippen molar-refractivity contribution in [2.75, 3.05) is 0 Å². The van der Waals surface area contributed by atoms with Crippen LogP contribution in [-0.4, -0.2) is 4.31 Å². The van der Waals surface area contributed by atoms with E-state index >= 15 is 0 Å². The van der Waals surface area contributed by atoms with Crippen molar-refractivity contribution in [3.05, 3.63) is 80.9 Å². The summed E-state index contributed by atoms with van der Waals surface area (Å²) in [4.78, 5) is 0. The van der Waals surface area contributed by atoms with Gasteiger partial charge in [0.05, 0.1) is 0 Å². The van der Waals surface area contributed by atoms with Gasteiger partial charge in [-0.15, -0.1) is 0 Å². The molecule has 0 radical (unpaired) electrons. The third kappa shape index (κ3) is 3.59. The van der Waals surface area contributed by atoms with Gasteiger partial charge in [0.15, 0.2) is 0 Å². The van der Waals surface area contributed by atoms with Gasteiger partial charge in [-0.05, 0) is 0 Å². The first-order valence-corrected chi connectivity index (χ1v) is 18.7. The molecule has 2 aliphatic rings. The van der Waals surface area contributed by atoms with Gasteiger partial charge in [0.25, 0.3) is 0 Å². The van der Waals surface area contributed by atoms with Crippen LogP contribution in [0.15, 0.2) is 47.5 Å². The van der Waals surface area contributed by atoms with E-state index in [-0.39, 0.29) is 8.45 Å². The molecule has 0 nitrogen and oxygen atoms in total. The fraction of sp³-hybridized carbons (Fsp3) is 0.393. The molecule has 2 atom stereocenters. The Kier molecular flexibility index (Phi) is 6.34. The Morgan fingerprint density at radius 2 is 1.19 bits per heavy atom. The fourth-order valence-electron chi connectivity index (χ4n) is 6.17. The van der Waals surface area contributed by atoms with Crippen LogP contribution in [0.5, 0.6) is 0 Å². The normalized spacial score (nSPS) is 20.3. The van der Waals surface area contributed by atoms with E-state index in [9.17, 15) is 0 Å². The predicted molar refractivity (Wildman–Crippen MR) is 137 cm³/mol. The SMILES string of the molecule is C[CH]=[Ti]([Cl])([Cl])([CH]1C(C)=Cc2c(CCC)cccc21)[CH]1C(C)=Cc2c(CCC)cccc21. The van der Waals surface area contributed by atoms with E-state index in [1.54, 1.807) is 0 Å². The molecule has 164 valence electrons. The summed E-state index contributed by atoms with van der Waals surface area (Å²) in [5, 5.41) is 0. The zero-order chi connectivity index (χ0) is 22.4. The molecule has 0 fully saturated rings. The monoisotopic (exact) mass is 488 g/mol. The molecule has 0 N–H and O–H groups in total. The van der Waals surface area contributed by atoms with Crippen molar-refractivity contribution in [2.24, 2.45) is 0 Å². The molecule has 31 heavy (non-hydrogen) atoms. The number of aryl methyl sites for hydroxylation is 2. The molecule has 0 aromatic heterocycles. The van der Waals surface area contributed by atoms with Gasteiger partial charge in [0.2, 0.25) is 0 Å². The summed E-state index contributed by atoms with van der Waals surface area (Å²) in [6, 6.07) is 13.5. The van der Waals surface area contributed by atoms with Crippen LogP contribution in [0.2, 0.25) is 0 Å². The molecule has 2 aromatic rings. The number of rotatable bonds is 6. The summed E-state index contributed by atoms with van der Waals surface area (Å²) >= 11 is -4.30. The third-order valence-corrected chi connectivity index (χ3v) is 20.4. The number of hydrogen-bond donors (Lipinski definition) is 0. The van der Waals surface area contributed by atoms with E-state index in [0.29, 0.717) is 0 Å². The molecule has 2 aromatic carbocycles. The molecule has 0 saturated carbocycles. The number of halogens is 2. The van der Waals surface area contributed by atoms with Crippen molar-refractivity contribution >= 4 is 35.1 Å². The first-order valence-electron chi connectivity index (χ1n) is 11.7. The number of hydrogen-bond acceptors (Lipinski definition) is 0. The zero-order valence-electron chi connectivity index (χ0n) is 19.4. The van der Waals surface area contributed by atoms with Crippen LogP contribution in [0.4, 0.5) is 0 Å². The van der Waals surface area contributed by atoms with Crippen LogP contribution in [0.25, 0.3) is 12.2 Å². The molecule has 0 spiro atoms. The van der Waals surface area contributed by atoms with E-state index < -0.39 is 12.7 Å². The first kappa shape index (κ1) is 23.2. The predicted octanol–water partition coefficient (Wildman–Crippen LogP) is 9.03. The second-order valence-electron chi connectivity index (χ2n) is 9.50. The van der Waals surface area contributed by atoms with Crippen molar-refractivity contribution in [1.29, 1.82) is 0 Å². The van der Waals surface area contributed by atoms with Crippen molar-refractivity contribution < 1.29 is 12.7 Å². The van der Waals surface area contributed by atoms with Crippen molar-refractivity contribution in [1.82, 2.24) is 0 Å². The second kappa shape index (κ2) is 8.46. The average molecular weight is 489 g/mol. The molecule has 2 aliphatic carbocycles. The van der Waals surface area contributed by atoms with Gasteiger partial charge in [-0.25, -0.2) is 0 Å². The van der Waals surface area contributed by atoms with Crippen molar-refractivity contribution in [2.45, 2.75) is 68.7 Å².